The Balaban J connectivity index is 2.23. The molecule has 0 fully saturated rings. The van der Waals surface area contributed by atoms with Crippen LogP contribution in [-0.4, -0.2) is 23.7 Å². The third-order valence-corrected chi connectivity index (χ3v) is 4.30. The van der Waals surface area contributed by atoms with Crippen molar-refractivity contribution in [1.82, 2.24) is 5.32 Å². The fourth-order valence-corrected chi connectivity index (χ4v) is 2.89. The number of aliphatic hydroxyl groups excluding tert-OH is 1. The number of nitrogens with one attached hydrogen (secondary N) is 2. The number of alkyl halides is 3. The number of carbonyl (C=O) groups is 1. The van der Waals surface area contributed by atoms with Crippen molar-refractivity contribution in [3.05, 3.63) is 57.6 Å². The van der Waals surface area contributed by atoms with Gasteiger partial charge in [-0.3, -0.25) is 4.79 Å². The van der Waals surface area contributed by atoms with Crippen molar-refractivity contribution in [1.29, 1.82) is 0 Å². The second kappa shape index (κ2) is 8.82. The van der Waals surface area contributed by atoms with Gasteiger partial charge in [0.15, 0.2) is 0 Å². The summed E-state index contributed by atoms with van der Waals surface area (Å²) in [7, 11) is 0. The lowest BCUT2D eigenvalue weighted by Gasteiger charge is -2.15. The van der Waals surface area contributed by atoms with E-state index >= 15 is 0 Å². The highest BCUT2D eigenvalue weighted by Gasteiger charge is 2.32. The first-order valence-electron chi connectivity index (χ1n) is 7.97. The van der Waals surface area contributed by atoms with Crippen LogP contribution < -0.4 is 10.6 Å². The highest BCUT2D eigenvalue weighted by atomic mass is 35.5. The Hall–Kier alpha value is -1.96. The van der Waals surface area contributed by atoms with E-state index < -0.39 is 11.7 Å². The van der Waals surface area contributed by atoms with Gasteiger partial charge in [0.05, 0.1) is 21.3 Å². The Kier molecular flexibility index (Phi) is 6.97. The molecule has 0 aliphatic heterocycles. The summed E-state index contributed by atoms with van der Waals surface area (Å²) < 4.78 is 38.4. The first kappa shape index (κ1) is 21.3. The molecule has 0 aromatic heterocycles. The zero-order valence-electron chi connectivity index (χ0n) is 14.2. The second-order valence-corrected chi connectivity index (χ2v) is 6.72. The zero-order valence-corrected chi connectivity index (χ0v) is 15.7. The maximum atomic E-state index is 12.8. The van der Waals surface area contributed by atoms with Crippen molar-refractivity contribution in [2.45, 2.75) is 25.6 Å². The van der Waals surface area contributed by atoms with Gasteiger partial charge in [0.25, 0.3) is 5.91 Å². The molecule has 0 spiro atoms. The summed E-state index contributed by atoms with van der Waals surface area (Å²) in [6, 6.07) is 7.69. The van der Waals surface area contributed by atoms with E-state index in [2.05, 4.69) is 10.6 Å². The highest BCUT2D eigenvalue weighted by Crippen LogP contribution is 2.39. The number of rotatable bonds is 6. The number of carbonyl (C=O) groups excluding carboxylic acids is 1. The molecule has 1 atom stereocenters. The van der Waals surface area contributed by atoms with Gasteiger partial charge in [-0.25, -0.2) is 0 Å². The minimum Gasteiger partial charge on any atom is -0.396 e. The molecule has 0 bridgehead atoms. The fourth-order valence-electron chi connectivity index (χ4n) is 2.31. The third-order valence-electron chi connectivity index (χ3n) is 3.70. The Morgan fingerprint density at radius 2 is 1.81 bits per heavy atom. The SMILES string of the molecule is CC(CCO)NC(=O)c1cccc(Nc2c(Cl)cc(C(F)(F)F)cc2Cl)c1. The van der Waals surface area contributed by atoms with E-state index in [0.717, 1.165) is 12.1 Å². The van der Waals surface area contributed by atoms with Crippen LogP contribution >= 0.6 is 23.2 Å². The van der Waals surface area contributed by atoms with Crippen LogP contribution in [-0.2, 0) is 6.18 Å². The fraction of sp³-hybridized carbons (Fsp3) is 0.278. The van der Waals surface area contributed by atoms with E-state index in [0.29, 0.717) is 17.7 Å². The van der Waals surface area contributed by atoms with Crippen molar-refractivity contribution in [3.63, 3.8) is 0 Å². The van der Waals surface area contributed by atoms with Crippen LogP contribution in [0, 0.1) is 0 Å². The zero-order chi connectivity index (χ0) is 20.2. The average Bonchev–Trinajstić information content (AvgIpc) is 2.57. The lowest BCUT2D eigenvalue weighted by Crippen LogP contribution is -2.33. The first-order chi connectivity index (χ1) is 12.6. The Labute approximate surface area is 164 Å². The Morgan fingerprint density at radius 3 is 2.37 bits per heavy atom. The van der Waals surface area contributed by atoms with Crippen LogP contribution in [0.15, 0.2) is 36.4 Å². The minimum absolute atomic E-state index is 0.0477. The molecule has 3 N–H and O–H groups in total. The lowest BCUT2D eigenvalue weighted by molar-refractivity contribution is -0.137. The van der Waals surface area contributed by atoms with Gasteiger partial charge < -0.3 is 15.7 Å². The Morgan fingerprint density at radius 1 is 1.19 bits per heavy atom. The summed E-state index contributed by atoms with van der Waals surface area (Å²) in [6.45, 7) is 1.71. The summed E-state index contributed by atoms with van der Waals surface area (Å²) in [5.74, 6) is -0.343. The van der Waals surface area contributed by atoms with Crippen LogP contribution in [0.2, 0.25) is 10.0 Å². The third kappa shape index (κ3) is 5.76. The number of anilines is 2. The van der Waals surface area contributed by atoms with E-state index in [1.807, 2.05) is 0 Å². The maximum absolute atomic E-state index is 12.8. The molecular weight excluding hydrogens is 404 g/mol. The summed E-state index contributed by atoms with van der Waals surface area (Å²) in [4.78, 5) is 12.2. The van der Waals surface area contributed by atoms with Crippen LogP contribution in [0.25, 0.3) is 0 Å². The molecule has 4 nitrogen and oxygen atoms in total. The molecule has 0 radical (unpaired) electrons. The summed E-state index contributed by atoms with van der Waals surface area (Å²) in [5, 5.41) is 14.1. The highest BCUT2D eigenvalue weighted by molar-refractivity contribution is 6.39. The van der Waals surface area contributed by atoms with Crippen molar-refractivity contribution in [2.75, 3.05) is 11.9 Å². The lowest BCUT2D eigenvalue weighted by atomic mass is 10.1. The van der Waals surface area contributed by atoms with E-state index in [9.17, 15) is 18.0 Å². The molecule has 0 saturated carbocycles. The van der Waals surface area contributed by atoms with Crippen molar-refractivity contribution < 1.29 is 23.1 Å². The van der Waals surface area contributed by atoms with Gasteiger partial charge in [-0.05, 0) is 43.7 Å². The van der Waals surface area contributed by atoms with E-state index in [4.69, 9.17) is 28.3 Å². The Bertz CT molecular complexity index is 805. The predicted octanol–water partition coefficient (Wildman–Crippen LogP) is 5.26. The molecule has 2 aromatic carbocycles. The second-order valence-electron chi connectivity index (χ2n) is 5.91. The smallest absolute Gasteiger partial charge is 0.396 e. The topological polar surface area (TPSA) is 61.4 Å². The number of hydrogen-bond donors (Lipinski definition) is 3. The number of aliphatic hydroxyl groups is 1. The standard InChI is InChI=1S/C18H17Cl2F3N2O2/c1-10(5-6-26)24-17(27)11-3-2-4-13(7-11)25-16-14(19)8-12(9-15(16)20)18(21,22)23/h2-4,7-10,25-26H,5-6H2,1H3,(H,24,27). The van der Waals surface area contributed by atoms with Gasteiger partial charge in [0.2, 0.25) is 0 Å². The van der Waals surface area contributed by atoms with Gasteiger partial charge in [-0.1, -0.05) is 29.3 Å². The maximum Gasteiger partial charge on any atom is 0.416 e. The van der Waals surface area contributed by atoms with E-state index in [-0.39, 0.29) is 34.3 Å². The number of benzene rings is 2. The molecular formula is C18H17Cl2F3N2O2. The molecule has 0 aliphatic carbocycles. The van der Waals surface area contributed by atoms with E-state index in [1.54, 1.807) is 25.1 Å². The van der Waals surface area contributed by atoms with Crippen LogP contribution in [0.4, 0.5) is 24.5 Å². The summed E-state index contributed by atoms with van der Waals surface area (Å²) in [5.41, 5.74) is -0.0726. The average molecular weight is 421 g/mol. The molecule has 0 aliphatic rings. The largest absolute Gasteiger partial charge is 0.416 e. The van der Waals surface area contributed by atoms with Crippen LogP contribution in [0.3, 0.4) is 0 Å². The summed E-state index contributed by atoms with van der Waals surface area (Å²) >= 11 is 11.9. The number of hydrogen-bond acceptors (Lipinski definition) is 3. The normalized spacial score (nSPS) is 12.6. The van der Waals surface area contributed by atoms with Gasteiger partial charge in [-0.2, -0.15) is 13.2 Å². The van der Waals surface area contributed by atoms with Gasteiger partial charge in [0.1, 0.15) is 0 Å². The molecule has 1 unspecified atom stereocenters. The van der Waals surface area contributed by atoms with Gasteiger partial charge >= 0.3 is 6.18 Å². The number of halogens is 5. The van der Waals surface area contributed by atoms with Gasteiger partial charge in [0, 0.05) is 23.9 Å². The molecule has 9 heteroatoms. The quantitative estimate of drug-likeness (QED) is 0.597. The molecule has 2 rings (SSSR count). The molecule has 0 saturated heterocycles. The molecule has 27 heavy (non-hydrogen) atoms. The minimum atomic E-state index is -4.56. The molecule has 0 heterocycles. The predicted molar refractivity (Wildman–Crippen MR) is 99.8 cm³/mol. The molecule has 146 valence electrons. The summed E-state index contributed by atoms with van der Waals surface area (Å²) in [6.07, 6.45) is -4.14. The van der Waals surface area contributed by atoms with Crippen molar-refractivity contribution in [2.24, 2.45) is 0 Å². The first-order valence-corrected chi connectivity index (χ1v) is 8.72. The number of amides is 1. The monoisotopic (exact) mass is 420 g/mol. The molecule has 2 aromatic rings. The van der Waals surface area contributed by atoms with E-state index in [1.165, 1.54) is 6.07 Å². The molecule has 1 amide bonds. The van der Waals surface area contributed by atoms with Crippen LogP contribution in [0.1, 0.15) is 29.3 Å². The van der Waals surface area contributed by atoms with Crippen molar-refractivity contribution >= 4 is 40.5 Å². The van der Waals surface area contributed by atoms with Crippen molar-refractivity contribution in [3.8, 4) is 0 Å². The van der Waals surface area contributed by atoms with Gasteiger partial charge in [-0.15, -0.1) is 0 Å². The van der Waals surface area contributed by atoms with Crippen LogP contribution in [0.5, 0.6) is 0 Å².